The van der Waals surface area contributed by atoms with Gasteiger partial charge in [0.1, 0.15) is 10.7 Å². The molecule has 2 aromatic carbocycles. The Kier molecular flexibility index (Phi) is 5.96. The highest BCUT2D eigenvalue weighted by molar-refractivity contribution is 8.00. The van der Waals surface area contributed by atoms with E-state index in [1.165, 1.54) is 18.3 Å². The molecule has 28 heavy (non-hydrogen) atoms. The van der Waals surface area contributed by atoms with Crippen molar-refractivity contribution in [2.75, 3.05) is 11.1 Å². The van der Waals surface area contributed by atoms with Gasteiger partial charge >= 0.3 is 0 Å². The summed E-state index contributed by atoms with van der Waals surface area (Å²) >= 11 is 1.09. The molecule has 0 spiro atoms. The number of aromatic nitrogens is 2. The summed E-state index contributed by atoms with van der Waals surface area (Å²) in [4.78, 5) is 20.4. The number of sulfone groups is 1. The SMILES string of the molecule is C[C@@H](Sc1ncc(S(=O)(=O)c2ccccc2)c(N)n1)C(=O)Nc1ccccc1. The van der Waals surface area contributed by atoms with Crippen molar-refractivity contribution in [2.45, 2.75) is 27.1 Å². The third-order valence-corrected chi connectivity index (χ3v) is 6.56. The molecule has 0 bridgehead atoms. The van der Waals surface area contributed by atoms with E-state index in [4.69, 9.17) is 5.73 Å². The fraction of sp³-hybridized carbons (Fsp3) is 0.105. The number of rotatable bonds is 6. The zero-order chi connectivity index (χ0) is 20.1. The number of carbonyl (C=O) groups excluding carboxylic acids is 1. The molecule has 0 aliphatic carbocycles. The van der Waals surface area contributed by atoms with E-state index in [-0.39, 0.29) is 26.7 Å². The number of para-hydroxylation sites is 1. The van der Waals surface area contributed by atoms with E-state index < -0.39 is 15.1 Å². The first-order valence-corrected chi connectivity index (χ1v) is 10.7. The Balaban J connectivity index is 1.74. The van der Waals surface area contributed by atoms with Gasteiger partial charge in [-0.15, -0.1) is 0 Å². The lowest BCUT2D eigenvalue weighted by Gasteiger charge is -2.12. The van der Waals surface area contributed by atoms with Crippen molar-refractivity contribution in [3.05, 3.63) is 66.9 Å². The highest BCUT2D eigenvalue weighted by atomic mass is 32.2. The zero-order valence-electron chi connectivity index (χ0n) is 14.9. The number of amides is 1. The van der Waals surface area contributed by atoms with Crippen molar-refractivity contribution < 1.29 is 13.2 Å². The molecule has 3 aromatic rings. The Labute approximate surface area is 167 Å². The third-order valence-electron chi connectivity index (χ3n) is 3.80. The molecule has 1 amide bonds. The van der Waals surface area contributed by atoms with Crippen LogP contribution in [-0.2, 0) is 14.6 Å². The molecule has 0 aliphatic rings. The topological polar surface area (TPSA) is 115 Å². The minimum atomic E-state index is -3.81. The van der Waals surface area contributed by atoms with Crippen molar-refractivity contribution in [2.24, 2.45) is 0 Å². The molecule has 0 radical (unpaired) electrons. The number of nitrogen functional groups attached to an aromatic ring is 1. The summed E-state index contributed by atoms with van der Waals surface area (Å²) in [5, 5.41) is 2.51. The first kappa shape index (κ1) is 19.8. The molecule has 0 unspecified atom stereocenters. The number of carbonyl (C=O) groups is 1. The summed E-state index contributed by atoms with van der Waals surface area (Å²) in [6.07, 6.45) is 1.18. The van der Waals surface area contributed by atoms with Crippen LogP contribution in [0.15, 0.2) is 81.8 Å². The summed E-state index contributed by atoms with van der Waals surface area (Å²) in [7, 11) is -3.81. The second-order valence-corrected chi connectivity index (χ2v) is 9.06. The zero-order valence-corrected chi connectivity index (χ0v) is 16.6. The van der Waals surface area contributed by atoms with Crippen molar-refractivity contribution >= 4 is 39.0 Å². The van der Waals surface area contributed by atoms with Crippen LogP contribution in [0.2, 0.25) is 0 Å². The highest BCUT2D eigenvalue weighted by Crippen LogP contribution is 2.27. The van der Waals surface area contributed by atoms with Crippen molar-refractivity contribution in [3.63, 3.8) is 0 Å². The quantitative estimate of drug-likeness (QED) is 0.470. The van der Waals surface area contributed by atoms with Crippen LogP contribution in [-0.4, -0.2) is 29.5 Å². The number of nitrogens with two attached hydrogens (primary N) is 1. The van der Waals surface area contributed by atoms with Gasteiger partial charge in [0, 0.05) is 5.69 Å². The fourth-order valence-electron chi connectivity index (χ4n) is 2.33. The Morgan fingerprint density at radius 2 is 1.68 bits per heavy atom. The number of hydrogen-bond donors (Lipinski definition) is 2. The lowest BCUT2D eigenvalue weighted by molar-refractivity contribution is -0.115. The predicted octanol–water partition coefficient (Wildman–Crippen LogP) is 3.01. The maximum atomic E-state index is 12.7. The van der Waals surface area contributed by atoms with Crippen LogP contribution in [0, 0.1) is 0 Å². The van der Waals surface area contributed by atoms with E-state index >= 15 is 0 Å². The van der Waals surface area contributed by atoms with Gasteiger partial charge in [-0.1, -0.05) is 48.2 Å². The number of benzene rings is 2. The lowest BCUT2D eigenvalue weighted by atomic mass is 10.3. The Hall–Kier alpha value is -2.91. The third kappa shape index (κ3) is 4.49. The standard InChI is InChI=1S/C19H18N4O3S2/c1-13(18(24)22-14-8-4-2-5-9-14)27-19-21-12-16(17(20)23-19)28(25,26)15-10-6-3-7-11-15/h2-13H,1H3,(H,22,24)(H2,20,21,23)/t13-/m1/s1. The van der Waals surface area contributed by atoms with Gasteiger partial charge in [0.25, 0.3) is 0 Å². The van der Waals surface area contributed by atoms with E-state index in [1.54, 1.807) is 37.3 Å². The Morgan fingerprint density at radius 1 is 1.07 bits per heavy atom. The van der Waals surface area contributed by atoms with Crippen molar-refractivity contribution in [3.8, 4) is 0 Å². The number of nitrogens with one attached hydrogen (secondary N) is 1. The molecule has 1 atom stereocenters. The molecule has 7 nitrogen and oxygen atoms in total. The van der Waals surface area contributed by atoms with Gasteiger partial charge < -0.3 is 11.1 Å². The second kappa shape index (κ2) is 8.41. The van der Waals surface area contributed by atoms with E-state index in [1.807, 2.05) is 18.2 Å². The molecule has 3 rings (SSSR count). The maximum absolute atomic E-state index is 12.7. The molecule has 0 saturated heterocycles. The van der Waals surface area contributed by atoms with Gasteiger partial charge in [-0.3, -0.25) is 4.79 Å². The number of hydrogen-bond acceptors (Lipinski definition) is 7. The van der Waals surface area contributed by atoms with Crippen LogP contribution in [0.4, 0.5) is 11.5 Å². The summed E-state index contributed by atoms with van der Waals surface area (Å²) in [6.45, 7) is 1.71. The summed E-state index contributed by atoms with van der Waals surface area (Å²) < 4.78 is 25.3. The molecule has 1 heterocycles. The Bertz CT molecular complexity index is 1070. The minimum Gasteiger partial charge on any atom is -0.382 e. The van der Waals surface area contributed by atoms with E-state index in [9.17, 15) is 13.2 Å². The van der Waals surface area contributed by atoms with Gasteiger partial charge in [-0.25, -0.2) is 18.4 Å². The highest BCUT2D eigenvalue weighted by Gasteiger charge is 2.23. The van der Waals surface area contributed by atoms with Crippen LogP contribution in [0.5, 0.6) is 0 Å². The molecule has 0 fully saturated rings. The normalized spacial score (nSPS) is 12.3. The van der Waals surface area contributed by atoms with Crippen LogP contribution in [0.25, 0.3) is 0 Å². The Morgan fingerprint density at radius 3 is 2.29 bits per heavy atom. The second-order valence-electron chi connectivity index (χ2n) is 5.83. The monoisotopic (exact) mass is 414 g/mol. The molecule has 0 aliphatic heterocycles. The molecule has 9 heteroatoms. The number of anilines is 2. The minimum absolute atomic E-state index is 0.112. The van der Waals surface area contributed by atoms with Crippen LogP contribution < -0.4 is 11.1 Å². The smallest absolute Gasteiger partial charge is 0.237 e. The summed E-state index contributed by atoms with van der Waals surface area (Å²) in [5.74, 6) is -0.378. The van der Waals surface area contributed by atoms with E-state index in [0.29, 0.717) is 5.69 Å². The fourth-order valence-corrected chi connectivity index (χ4v) is 4.36. The van der Waals surface area contributed by atoms with Crippen LogP contribution in [0.3, 0.4) is 0 Å². The molecule has 1 aromatic heterocycles. The molecule has 144 valence electrons. The molecule has 3 N–H and O–H groups in total. The lowest BCUT2D eigenvalue weighted by Crippen LogP contribution is -2.22. The average Bonchev–Trinajstić information content (AvgIpc) is 2.69. The van der Waals surface area contributed by atoms with E-state index in [2.05, 4.69) is 15.3 Å². The van der Waals surface area contributed by atoms with Crippen LogP contribution in [0.1, 0.15) is 6.92 Å². The van der Waals surface area contributed by atoms with Gasteiger partial charge in [-0.05, 0) is 31.2 Å². The largest absolute Gasteiger partial charge is 0.382 e. The number of thioether (sulfide) groups is 1. The molecular formula is C19H18N4O3S2. The number of nitrogens with zero attached hydrogens (tertiary/aromatic N) is 2. The summed E-state index contributed by atoms with van der Waals surface area (Å²) in [6, 6.07) is 17.0. The first-order valence-electron chi connectivity index (χ1n) is 8.33. The summed E-state index contributed by atoms with van der Waals surface area (Å²) in [5.41, 5.74) is 6.56. The van der Waals surface area contributed by atoms with Gasteiger partial charge in [-0.2, -0.15) is 0 Å². The van der Waals surface area contributed by atoms with Crippen LogP contribution >= 0.6 is 11.8 Å². The predicted molar refractivity (Wildman–Crippen MR) is 109 cm³/mol. The molecule has 0 saturated carbocycles. The van der Waals surface area contributed by atoms with Gasteiger partial charge in [0.2, 0.25) is 15.7 Å². The van der Waals surface area contributed by atoms with E-state index in [0.717, 1.165) is 11.8 Å². The van der Waals surface area contributed by atoms with Gasteiger partial charge in [0.05, 0.1) is 16.3 Å². The first-order chi connectivity index (χ1) is 13.4. The maximum Gasteiger partial charge on any atom is 0.237 e. The van der Waals surface area contributed by atoms with Crippen molar-refractivity contribution in [1.29, 1.82) is 0 Å². The van der Waals surface area contributed by atoms with Crippen molar-refractivity contribution in [1.82, 2.24) is 9.97 Å². The molecular weight excluding hydrogens is 396 g/mol. The average molecular weight is 415 g/mol. The van der Waals surface area contributed by atoms with Gasteiger partial charge in [0.15, 0.2) is 5.16 Å².